The van der Waals surface area contributed by atoms with Crippen LogP contribution in [0.2, 0.25) is 0 Å². The molecule has 5 nitrogen and oxygen atoms in total. The van der Waals surface area contributed by atoms with E-state index < -0.39 is 0 Å². The molecule has 0 saturated carbocycles. The molecule has 3 N–H and O–H groups in total. The summed E-state index contributed by atoms with van der Waals surface area (Å²) in [4.78, 5) is 19.5. The van der Waals surface area contributed by atoms with Crippen LogP contribution in [0.4, 0.5) is 5.13 Å². The highest BCUT2D eigenvalue weighted by Gasteiger charge is 2.27. The van der Waals surface area contributed by atoms with E-state index in [0.717, 1.165) is 26.1 Å². The molecular formula is C14H24N4OS. The number of likely N-dealkylation sites (tertiary alicyclic amines) is 1. The topological polar surface area (TPSA) is 71.2 Å². The summed E-state index contributed by atoms with van der Waals surface area (Å²) >= 11 is 1.55. The second-order valence-electron chi connectivity index (χ2n) is 5.94. The normalized spacial score (nSPS) is 24.0. The maximum absolute atomic E-state index is 11.8. The van der Waals surface area contributed by atoms with Gasteiger partial charge in [0.2, 0.25) is 5.91 Å². The van der Waals surface area contributed by atoms with Crippen LogP contribution in [-0.2, 0) is 11.3 Å². The van der Waals surface area contributed by atoms with Crippen molar-refractivity contribution in [2.75, 3.05) is 18.8 Å². The Morgan fingerprint density at radius 2 is 2.40 bits per heavy atom. The fourth-order valence-corrected chi connectivity index (χ4v) is 3.28. The summed E-state index contributed by atoms with van der Waals surface area (Å²) in [5.41, 5.74) is 5.66. The molecule has 0 spiro atoms. The average Bonchev–Trinajstić information content (AvgIpc) is 2.78. The number of hydrogen-bond donors (Lipinski definition) is 2. The van der Waals surface area contributed by atoms with Gasteiger partial charge in [-0.05, 0) is 12.3 Å². The summed E-state index contributed by atoms with van der Waals surface area (Å²) in [6.45, 7) is 8.99. The summed E-state index contributed by atoms with van der Waals surface area (Å²) in [5, 5.41) is 3.79. The van der Waals surface area contributed by atoms with E-state index in [2.05, 4.69) is 22.1 Å². The van der Waals surface area contributed by atoms with Crippen molar-refractivity contribution in [1.29, 1.82) is 0 Å². The second kappa shape index (κ2) is 6.54. The van der Waals surface area contributed by atoms with Gasteiger partial charge in [0, 0.05) is 42.7 Å². The van der Waals surface area contributed by atoms with Crippen LogP contribution in [0.3, 0.4) is 0 Å². The van der Waals surface area contributed by atoms with Crippen molar-refractivity contribution in [1.82, 2.24) is 15.2 Å². The number of anilines is 1. The number of nitrogens with one attached hydrogen (secondary N) is 1. The molecule has 2 unspecified atom stereocenters. The van der Waals surface area contributed by atoms with Crippen LogP contribution >= 0.6 is 11.3 Å². The van der Waals surface area contributed by atoms with Crippen LogP contribution in [0.25, 0.3) is 0 Å². The molecule has 20 heavy (non-hydrogen) atoms. The molecule has 2 heterocycles. The van der Waals surface area contributed by atoms with Crippen molar-refractivity contribution in [2.24, 2.45) is 11.8 Å². The first-order valence-electron chi connectivity index (χ1n) is 7.18. The minimum absolute atomic E-state index is 0.0559. The number of amides is 1. The summed E-state index contributed by atoms with van der Waals surface area (Å²) in [7, 11) is 0. The lowest BCUT2D eigenvalue weighted by Crippen LogP contribution is -2.50. The highest BCUT2D eigenvalue weighted by atomic mass is 32.1. The number of rotatable bonds is 4. The molecule has 1 fully saturated rings. The molecule has 2 rings (SSSR count). The lowest BCUT2D eigenvalue weighted by Gasteiger charge is -2.37. The zero-order chi connectivity index (χ0) is 14.7. The minimum atomic E-state index is 0.0559. The fourth-order valence-electron chi connectivity index (χ4n) is 2.56. The Kier molecular flexibility index (Phi) is 4.99. The number of nitrogens with zero attached hydrogens (tertiary/aromatic N) is 2. The summed E-state index contributed by atoms with van der Waals surface area (Å²) in [5.74, 6) is 0.683. The van der Waals surface area contributed by atoms with E-state index in [9.17, 15) is 4.79 Å². The number of hydrogen-bond acceptors (Lipinski definition) is 5. The van der Waals surface area contributed by atoms with Crippen LogP contribution in [-0.4, -0.2) is 34.9 Å². The highest BCUT2D eigenvalue weighted by molar-refractivity contribution is 7.15. The molecule has 1 aliphatic heterocycles. The maximum Gasteiger partial charge on any atom is 0.222 e. The first kappa shape index (κ1) is 15.3. The van der Waals surface area contributed by atoms with Gasteiger partial charge in [0.05, 0.1) is 0 Å². The Morgan fingerprint density at radius 1 is 1.65 bits per heavy atom. The van der Waals surface area contributed by atoms with E-state index in [-0.39, 0.29) is 11.8 Å². The van der Waals surface area contributed by atoms with Crippen molar-refractivity contribution in [3.63, 3.8) is 0 Å². The fraction of sp³-hybridized carbons (Fsp3) is 0.714. The summed E-state index contributed by atoms with van der Waals surface area (Å²) in [6.07, 6.45) is 2.87. The number of aromatic nitrogens is 1. The predicted molar refractivity (Wildman–Crippen MR) is 82.4 cm³/mol. The van der Waals surface area contributed by atoms with Gasteiger partial charge in [0.1, 0.15) is 0 Å². The molecule has 1 aromatic heterocycles. The highest BCUT2D eigenvalue weighted by Crippen LogP contribution is 2.22. The second-order valence-corrected chi connectivity index (χ2v) is 7.08. The van der Waals surface area contributed by atoms with E-state index >= 15 is 0 Å². The summed E-state index contributed by atoms with van der Waals surface area (Å²) < 4.78 is 0. The Labute approximate surface area is 124 Å². The third-order valence-electron chi connectivity index (χ3n) is 3.79. The molecule has 112 valence electrons. The number of carbonyl (C=O) groups is 1. The molecule has 2 atom stereocenters. The number of carbonyl (C=O) groups excluding carboxylic acids is 1. The van der Waals surface area contributed by atoms with Crippen molar-refractivity contribution in [2.45, 2.75) is 39.8 Å². The number of piperidine rings is 1. The summed E-state index contributed by atoms with van der Waals surface area (Å²) in [6, 6.07) is 0.299. The van der Waals surface area contributed by atoms with Crippen LogP contribution in [0.5, 0.6) is 0 Å². The van der Waals surface area contributed by atoms with Crippen LogP contribution < -0.4 is 11.1 Å². The first-order chi connectivity index (χ1) is 9.45. The molecule has 1 aromatic rings. The van der Waals surface area contributed by atoms with Gasteiger partial charge in [-0.3, -0.25) is 9.69 Å². The Bertz CT molecular complexity index is 460. The molecule has 0 aromatic carbocycles. The third kappa shape index (κ3) is 3.93. The van der Waals surface area contributed by atoms with Crippen molar-refractivity contribution >= 4 is 22.4 Å². The Balaban J connectivity index is 1.84. The van der Waals surface area contributed by atoms with Gasteiger partial charge in [0.25, 0.3) is 0 Å². The molecule has 0 aliphatic carbocycles. The number of nitrogen functional groups attached to an aromatic ring is 1. The first-order valence-corrected chi connectivity index (χ1v) is 8.00. The molecule has 1 amide bonds. The van der Waals surface area contributed by atoms with Crippen molar-refractivity contribution in [3.8, 4) is 0 Å². The van der Waals surface area contributed by atoms with E-state index in [1.807, 2.05) is 20.0 Å². The number of nitrogens with two attached hydrogens (primary N) is 1. The van der Waals surface area contributed by atoms with Crippen molar-refractivity contribution in [3.05, 3.63) is 11.1 Å². The van der Waals surface area contributed by atoms with E-state index in [4.69, 9.17) is 5.73 Å². The molecule has 1 saturated heterocycles. The lowest BCUT2D eigenvalue weighted by atomic mass is 9.93. The van der Waals surface area contributed by atoms with Crippen molar-refractivity contribution < 1.29 is 4.79 Å². The van der Waals surface area contributed by atoms with E-state index in [1.54, 1.807) is 11.3 Å². The largest absolute Gasteiger partial charge is 0.375 e. The Hall–Kier alpha value is -1.14. The quantitative estimate of drug-likeness (QED) is 0.887. The molecule has 0 bridgehead atoms. The SMILES string of the molecule is CC(C)C(=O)NC1CCN(Cc2cnc(N)s2)CC1C. The van der Waals surface area contributed by atoms with Gasteiger partial charge >= 0.3 is 0 Å². The maximum atomic E-state index is 11.8. The molecule has 1 aliphatic rings. The van der Waals surface area contributed by atoms with Crippen LogP contribution in [0.15, 0.2) is 6.20 Å². The van der Waals surface area contributed by atoms with Gasteiger partial charge in [-0.15, -0.1) is 11.3 Å². The standard InChI is InChI=1S/C14H24N4OS/c1-9(2)13(19)17-12-4-5-18(7-10(12)3)8-11-6-16-14(15)20-11/h6,9-10,12H,4-5,7-8H2,1-3H3,(H2,15,16)(H,17,19). The van der Waals surface area contributed by atoms with Crippen LogP contribution in [0, 0.1) is 11.8 Å². The van der Waals surface area contributed by atoms with Gasteiger partial charge in [-0.2, -0.15) is 0 Å². The molecular weight excluding hydrogens is 272 g/mol. The smallest absolute Gasteiger partial charge is 0.222 e. The van der Waals surface area contributed by atoms with Gasteiger partial charge in [0.15, 0.2) is 5.13 Å². The molecule has 6 heteroatoms. The number of thiazole rings is 1. The Morgan fingerprint density at radius 3 is 2.95 bits per heavy atom. The monoisotopic (exact) mass is 296 g/mol. The minimum Gasteiger partial charge on any atom is -0.375 e. The average molecular weight is 296 g/mol. The third-order valence-corrected chi connectivity index (χ3v) is 4.60. The van der Waals surface area contributed by atoms with E-state index in [0.29, 0.717) is 17.1 Å². The van der Waals surface area contributed by atoms with E-state index in [1.165, 1.54) is 4.88 Å². The lowest BCUT2D eigenvalue weighted by molar-refractivity contribution is -0.125. The van der Waals surface area contributed by atoms with Crippen LogP contribution in [0.1, 0.15) is 32.1 Å². The molecule has 0 radical (unpaired) electrons. The zero-order valence-electron chi connectivity index (χ0n) is 12.4. The zero-order valence-corrected chi connectivity index (χ0v) is 13.2. The predicted octanol–water partition coefficient (Wildman–Crippen LogP) is 1.71. The van der Waals surface area contributed by atoms with Gasteiger partial charge in [-0.1, -0.05) is 20.8 Å². The van der Waals surface area contributed by atoms with Gasteiger partial charge < -0.3 is 11.1 Å². The van der Waals surface area contributed by atoms with Gasteiger partial charge in [-0.25, -0.2) is 4.98 Å².